The molecule has 1 aromatic heterocycles. The standard InChI is InChI=1S/C9H20.C7H7NO/c1-3-5-7-9-8-6-4-2;1-6(9)7-2-4-8-5-3-7/h3-9H2,1-2H3;2-5H,1H3. The summed E-state index contributed by atoms with van der Waals surface area (Å²) in [5.74, 6) is 0.0809. The fourth-order valence-electron chi connectivity index (χ4n) is 1.62. The molecule has 0 saturated carbocycles. The zero-order chi connectivity index (χ0) is 13.6. The van der Waals surface area contributed by atoms with Crippen molar-refractivity contribution < 1.29 is 4.79 Å². The molecular weight excluding hydrogens is 222 g/mol. The molecule has 2 heteroatoms. The third kappa shape index (κ3) is 10.0. The van der Waals surface area contributed by atoms with Gasteiger partial charge in [0.2, 0.25) is 0 Å². The number of carbonyl (C=O) groups is 1. The molecule has 102 valence electrons. The minimum absolute atomic E-state index is 0.0809. The largest absolute Gasteiger partial charge is 0.295 e. The first-order valence-electron chi connectivity index (χ1n) is 7.13. The highest BCUT2D eigenvalue weighted by atomic mass is 16.1. The van der Waals surface area contributed by atoms with Crippen molar-refractivity contribution >= 4 is 5.78 Å². The molecule has 0 spiro atoms. The molecule has 2 nitrogen and oxygen atoms in total. The highest BCUT2D eigenvalue weighted by Gasteiger charge is 1.93. The van der Waals surface area contributed by atoms with Crippen molar-refractivity contribution in [3.63, 3.8) is 0 Å². The SMILES string of the molecule is CC(=O)c1ccncc1.CCCCCCCCC. The molecule has 0 aromatic carbocycles. The molecule has 0 aliphatic rings. The molecule has 18 heavy (non-hydrogen) atoms. The summed E-state index contributed by atoms with van der Waals surface area (Å²) in [6.45, 7) is 6.06. The summed E-state index contributed by atoms with van der Waals surface area (Å²) in [4.78, 5) is 14.4. The van der Waals surface area contributed by atoms with Gasteiger partial charge in [-0.2, -0.15) is 0 Å². The van der Waals surface area contributed by atoms with Crippen LogP contribution < -0.4 is 0 Å². The molecule has 0 aliphatic carbocycles. The van der Waals surface area contributed by atoms with E-state index in [1.165, 1.54) is 51.9 Å². The molecule has 0 N–H and O–H groups in total. The van der Waals surface area contributed by atoms with Gasteiger partial charge in [-0.1, -0.05) is 58.8 Å². The first kappa shape index (κ1) is 16.8. The molecule has 0 bridgehead atoms. The van der Waals surface area contributed by atoms with Crippen molar-refractivity contribution in [2.75, 3.05) is 0 Å². The molecule has 0 saturated heterocycles. The second-order valence-corrected chi connectivity index (χ2v) is 4.56. The molecule has 0 atom stereocenters. The summed E-state index contributed by atoms with van der Waals surface area (Å²) in [5, 5.41) is 0. The van der Waals surface area contributed by atoms with Crippen LogP contribution in [0, 0.1) is 0 Å². The van der Waals surface area contributed by atoms with Crippen molar-refractivity contribution in [1.82, 2.24) is 4.98 Å². The zero-order valence-electron chi connectivity index (χ0n) is 12.1. The van der Waals surface area contributed by atoms with Crippen molar-refractivity contribution in [2.24, 2.45) is 0 Å². The van der Waals surface area contributed by atoms with Crippen molar-refractivity contribution in [1.29, 1.82) is 0 Å². The number of pyridine rings is 1. The lowest BCUT2D eigenvalue weighted by Gasteiger charge is -1.96. The second kappa shape index (κ2) is 12.3. The van der Waals surface area contributed by atoms with Crippen LogP contribution in [0.3, 0.4) is 0 Å². The van der Waals surface area contributed by atoms with Gasteiger partial charge in [0, 0.05) is 18.0 Å². The summed E-state index contributed by atoms with van der Waals surface area (Å²) < 4.78 is 0. The van der Waals surface area contributed by atoms with E-state index in [0.717, 1.165) is 0 Å². The molecule has 0 aliphatic heterocycles. The molecular formula is C16H27NO. The monoisotopic (exact) mass is 249 g/mol. The van der Waals surface area contributed by atoms with Crippen LogP contribution >= 0.6 is 0 Å². The van der Waals surface area contributed by atoms with E-state index in [-0.39, 0.29) is 5.78 Å². The normalized spacial score (nSPS) is 9.50. The van der Waals surface area contributed by atoms with Crippen molar-refractivity contribution in [3.8, 4) is 0 Å². The van der Waals surface area contributed by atoms with E-state index in [1.807, 2.05) is 0 Å². The number of aromatic nitrogens is 1. The van der Waals surface area contributed by atoms with Gasteiger partial charge in [0.05, 0.1) is 0 Å². The number of Topliss-reactive ketones (excluding diaryl/α,β-unsaturated/α-hetero) is 1. The average molecular weight is 249 g/mol. The Morgan fingerprint density at radius 3 is 1.72 bits per heavy atom. The second-order valence-electron chi connectivity index (χ2n) is 4.56. The van der Waals surface area contributed by atoms with Crippen LogP contribution in [0.2, 0.25) is 0 Å². The van der Waals surface area contributed by atoms with Gasteiger partial charge in [-0.05, 0) is 19.1 Å². The Labute approximate surface area is 112 Å². The Balaban J connectivity index is 0.000000321. The molecule has 1 aromatic rings. The number of hydrogen-bond acceptors (Lipinski definition) is 2. The zero-order valence-corrected chi connectivity index (χ0v) is 12.1. The average Bonchev–Trinajstić information content (AvgIpc) is 2.40. The number of carbonyl (C=O) groups excluding carboxylic acids is 1. The van der Waals surface area contributed by atoms with Crippen LogP contribution in [-0.4, -0.2) is 10.8 Å². The Morgan fingerprint density at radius 1 is 0.944 bits per heavy atom. The number of nitrogens with zero attached hydrogens (tertiary/aromatic N) is 1. The van der Waals surface area contributed by atoms with Gasteiger partial charge in [-0.3, -0.25) is 9.78 Å². The van der Waals surface area contributed by atoms with Crippen molar-refractivity contribution in [2.45, 2.75) is 65.7 Å². The van der Waals surface area contributed by atoms with Crippen LogP contribution in [0.15, 0.2) is 24.5 Å². The summed E-state index contributed by atoms with van der Waals surface area (Å²) >= 11 is 0. The molecule has 1 rings (SSSR count). The number of hydrogen-bond donors (Lipinski definition) is 0. The van der Waals surface area contributed by atoms with Gasteiger partial charge in [0.25, 0.3) is 0 Å². The van der Waals surface area contributed by atoms with Crippen LogP contribution in [0.1, 0.15) is 76.1 Å². The number of unbranched alkanes of at least 4 members (excludes halogenated alkanes) is 6. The first-order chi connectivity index (χ1) is 8.72. The summed E-state index contributed by atoms with van der Waals surface area (Å²) in [6, 6.07) is 3.39. The van der Waals surface area contributed by atoms with E-state index >= 15 is 0 Å². The van der Waals surface area contributed by atoms with Crippen LogP contribution in [0.5, 0.6) is 0 Å². The highest BCUT2D eigenvalue weighted by Crippen LogP contribution is 2.05. The number of ketones is 1. The topological polar surface area (TPSA) is 30.0 Å². The molecule has 1 heterocycles. The van der Waals surface area contributed by atoms with Gasteiger partial charge < -0.3 is 0 Å². The highest BCUT2D eigenvalue weighted by molar-refractivity contribution is 5.93. The maximum atomic E-state index is 10.6. The predicted octanol–water partition coefficient (Wildman–Crippen LogP) is 5.04. The summed E-state index contributed by atoms with van der Waals surface area (Å²) in [5.41, 5.74) is 0.713. The molecule has 0 unspecified atom stereocenters. The third-order valence-electron chi connectivity index (χ3n) is 2.79. The van der Waals surface area contributed by atoms with Gasteiger partial charge in [0.15, 0.2) is 5.78 Å². The van der Waals surface area contributed by atoms with Crippen molar-refractivity contribution in [3.05, 3.63) is 30.1 Å². The fourth-order valence-corrected chi connectivity index (χ4v) is 1.62. The quantitative estimate of drug-likeness (QED) is 0.500. The minimum Gasteiger partial charge on any atom is -0.295 e. The van der Waals surface area contributed by atoms with Gasteiger partial charge >= 0.3 is 0 Å². The summed E-state index contributed by atoms with van der Waals surface area (Å²) in [6.07, 6.45) is 13.2. The van der Waals surface area contributed by atoms with Crippen LogP contribution in [0.4, 0.5) is 0 Å². The minimum atomic E-state index is 0.0809. The maximum Gasteiger partial charge on any atom is 0.159 e. The lowest BCUT2D eigenvalue weighted by molar-refractivity contribution is 0.101. The van der Waals surface area contributed by atoms with Crippen LogP contribution in [-0.2, 0) is 0 Å². The van der Waals surface area contributed by atoms with Gasteiger partial charge in [0.1, 0.15) is 0 Å². The first-order valence-corrected chi connectivity index (χ1v) is 7.13. The Hall–Kier alpha value is -1.18. The lowest BCUT2D eigenvalue weighted by Crippen LogP contribution is -1.89. The molecule has 0 amide bonds. The fraction of sp³-hybridized carbons (Fsp3) is 0.625. The Kier molecular flexibility index (Phi) is 11.5. The van der Waals surface area contributed by atoms with Gasteiger partial charge in [-0.25, -0.2) is 0 Å². The Bertz CT molecular complexity index is 289. The Morgan fingerprint density at radius 2 is 1.39 bits per heavy atom. The lowest BCUT2D eigenvalue weighted by atomic mass is 10.1. The smallest absolute Gasteiger partial charge is 0.159 e. The predicted molar refractivity (Wildman–Crippen MR) is 77.9 cm³/mol. The van der Waals surface area contributed by atoms with E-state index in [9.17, 15) is 4.79 Å². The van der Waals surface area contributed by atoms with E-state index in [4.69, 9.17) is 0 Å². The summed E-state index contributed by atoms with van der Waals surface area (Å²) in [7, 11) is 0. The van der Waals surface area contributed by atoms with E-state index in [1.54, 1.807) is 24.5 Å². The van der Waals surface area contributed by atoms with E-state index in [0.29, 0.717) is 5.56 Å². The van der Waals surface area contributed by atoms with Crippen LogP contribution in [0.25, 0.3) is 0 Å². The molecule has 0 fully saturated rings. The molecule has 0 radical (unpaired) electrons. The van der Waals surface area contributed by atoms with Gasteiger partial charge in [-0.15, -0.1) is 0 Å². The third-order valence-corrected chi connectivity index (χ3v) is 2.79. The van der Waals surface area contributed by atoms with E-state index < -0.39 is 0 Å². The number of rotatable bonds is 7. The maximum absolute atomic E-state index is 10.6. The van der Waals surface area contributed by atoms with E-state index in [2.05, 4.69) is 18.8 Å².